The topological polar surface area (TPSA) is 78.9 Å². The van der Waals surface area contributed by atoms with Crippen LogP contribution in [0.15, 0.2) is 18.2 Å². The number of carboxylic acid groups (broad SMARTS) is 1. The lowest BCUT2D eigenvalue weighted by Gasteiger charge is -2.26. The summed E-state index contributed by atoms with van der Waals surface area (Å²) in [7, 11) is 0. The molecule has 1 saturated heterocycles. The Bertz CT molecular complexity index is 588. The fraction of sp³-hybridized carbons (Fsp3) is 0.556. The Labute approximate surface area is 153 Å². The lowest BCUT2D eigenvalue weighted by molar-refractivity contribution is -0.138. The standard InChI is InChI=1S/C18H25ClN2O4/c19-15-4-5-16(25-11-10-21-8-2-1-3-9-21)14(12-15)13-20-17(22)6-7-18(23)24/h4-5,12H,1-3,6-11,13H2,(H,20,22)(H,23,24). The molecular formula is C18H25ClN2O4. The van der Waals surface area contributed by atoms with Crippen LogP contribution in [0, 0.1) is 0 Å². The summed E-state index contributed by atoms with van der Waals surface area (Å²) >= 11 is 6.04. The summed E-state index contributed by atoms with van der Waals surface area (Å²) in [5, 5.41) is 11.9. The molecule has 1 aromatic carbocycles. The Morgan fingerprint density at radius 3 is 2.68 bits per heavy atom. The van der Waals surface area contributed by atoms with E-state index in [0.717, 1.165) is 25.2 Å². The number of carbonyl (C=O) groups excluding carboxylic acids is 1. The van der Waals surface area contributed by atoms with Crippen molar-refractivity contribution in [2.24, 2.45) is 0 Å². The van der Waals surface area contributed by atoms with Crippen LogP contribution < -0.4 is 10.1 Å². The third-order valence-corrected chi connectivity index (χ3v) is 4.41. The fourth-order valence-electron chi connectivity index (χ4n) is 2.80. The molecule has 0 saturated carbocycles. The molecular weight excluding hydrogens is 344 g/mol. The highest BCUT2D eigenvalue weighted by atomic mass is 35.5. The number of rotatable bonds is 9. The third kappa shape index (κ3) is 7.32. The van der Waals surface area contributed by atoms with E-state index in [1.54, 1.807) is 18.2 Å². The van der Waals surface area contributed by atoms with E-state index >= 15 is 0 Å². The molecule has 1 aromatic rings. The summed E-state index contributed by atoms with van der Waals surface area (Å²) in [5.74, 6) is -0.596. The van der Waals surface area contributed by atoms with Crippen molar-refractivity contribution in [3.8, 4) is 5.75 Å². The van der Waals surface area contributed by atoms with Gasteiger partial charge in [-0.05, 0) is 44.1 Å². The maximum Gasteiger partial charge on any atom is 0.303 e. The van der Waals surface area contributed by atoms with Crippen LogP contribution in [-0.2, 0) is 16.1 Å². The number of amides is 1. The summed E-state index contributed by atoms with van der Waals surface area (Å²) in [6, 6.07) is 5.32. The van der Waals surface area contributed by atoms with Crippen LogP contribution >= 0.6 is 11.6 Å². The van der Waals surface area contributed by atoms with E-state index in [4.69, 9.17) is 21.4 Å². The Morgan fingerprint density at radius 2 is 1.96 bits per heavy atom. The summed E-state index contributed by atoms with van der Waals surface area (Å²) in [4.78, 5) is 24.6. The highest BCUT2D eigenvalue weighted by molar-refractivity contribution is 6.30. The van der Waals surface area contributed by atoms with E-state index in [1.165, 1.54) is 19.3 Å². The Hall–Kier alpha value is -1.79. The quantitative estimate of drug-likeness (QED) is 0.700. The van der Waals surface area contributed by atoms with Gasteiger partial charge in [-0.3, -0.25) is 14.5 Å². The van der Waals surface area contributed by atoms with Crippen LogP contribution in [0.2, 0.25) is 5.02 Å². The van der Waals surface area contributed by atoms with Gasteiger partial charge in [-0.25, -0.2) is 0 Å². The molecule has 2 rings (SSSR count). The number of nitrogens with zero attached hydrogens (tertiary/aromatic N) is 1. The van der Waals surface area contributed by atoms with E-state index in [-0.39, 0.29) is 25.3 Å². The molecule has 1 aliphatic heterocycles. The van der Waals surface area contributed by atoms with Crippen molar-refractivity contribution in [2.75, 3.05) is 26.2 Å². The molecule has 0 unspecified atom stereocenters. The highest BCUT2D eigenvalue weighted by Crippen LogP contribution is 2.23. The molecule has 1 amide bonds. The zero-order valence-corrected chi connectivity index (χ0v) is 15.1. The minimum absolute atomic E-state index is 0.0406. The average molecular weight is 369 g/mol. The van der Waals surface area contributed by atoms with Gasteiger partial charge in [0.25, 0.3) is 0 Å². The van der Waals surface area contributed by atoms with Crippen LogP contribution in [-0.4, -0.2) is 48.1 Å². The number of likely N-dealkylation sites (tertiary alicyclic amines) is 1. The number of benzene rings is 1. The number of carbonyl (C=O) groups is 2. The number of aliphatic carboxylic acids is 1. The van der Waals surface area contributed by atoms with E-state index < -0.39 is 5.97 Å². The maximum absolute atomic E-state index is 11.7. The first-order chi connectivity index (χ1) is 12.0. The first-order valence-corrected chi connectivity index (χ1v) is 9.04. The number of ether oxygens (including phenoxy) is 1. The molecule has 0 aromatic heterocycles. The predicted octanol–water partition coefficient (Wildman–Crippen LogP) is 2.69. The normalized spacial score (nSPS) is 14.9. The minimum Gasteiger partial charge on any atom is -0.492 e. The Morgan fingerprint density at radius 1 is 1.20 bits per heavy atom. The van der Waals surface area contributed by atoms with E-state index in [1.807, 2.05) is 0 Å². The molecule has 0 atom stereocenters. The largest absolute Gasteiger partial charge is 0.492 e. The van der Waals surface area contributed by atoms with Crippen molar-refractivity contribution in [2.45, 2.75) is 38.6 Å². The van der Waals surface area contributed by atoms with Crippen molar-refractivity contribution in [1.82, 2.24) is 10.2 Å². The molecule has 138 valence electrons. The number of carboxylic acids is 1. The van der Waals surface area contributed by atoms with Gasteiger partial charge in [0.05, 0.1) is 6.42 Å². The number of hydrogen-bond acceptors (Lipinski definition) is 4. The van der Waals surface area contributed by atoms with Crippen molar-refractivity contribution in [3.05, 3.63) is 28.8 Å². The number of hydrogen-bond donors (Lipinski definition) is 2. The summed E-state index contributed by atoms with van der Waals surface area (Å²) in [5.41, 5.74) is 0.787. The second-order valence-corrected chi connectivity index (χ2v) is 6.61. The fourth-order valence-corrected chi connectivity index (χ4v) is 2.99. The van der Waals surface area contributed by atoms with Gasteiger partial charge < -0.3 is 15.2 Å². The van der Waals surface area contributed by atoms with Crippen LogP contribution in [0.4, 0.5) is 0 Å². The second kappa shape index (κ2) is 10.3. The van der Waals surface area contributed by atoms with Crippen LogP contribution in [0.3, 0.4) is 0 Å². The van der Waals surface area contributed by atoms with Gasteiger partial charge in [0.2, 0.25) is 5.91 Å². The zero-order chi connectivity index (χ0) is 18.1. The lowest BCUT2D eigenvalue weighted by atomic mass is 10.1. The van der Waals surface area contributed by atoms with Gasteiger partial charge in [0.15, 0.2) is 0 Å². The molecule has 0 radical (unpaired) electrons. The SMILES string of the molecule is O=C(O)CCC(=O)NCc1cc(Cl)ccc1OCCN1CCCCC1. The molecule has 0 spiro atoms. The lowest BCUT2D eigenvalue weighted by Crippen LogP contribution is -2.33. The molecule has 0 aliphatic carbocycles. The predicted molar refractivity (Wildman–Crippen MR) is 96.0 cm³/mol. The van der Waals surface area contributed by atoms with Gasteiger partial charge in [0.1, 0.15) is 12.4 Å². The first-order valence-electron chi connectivity index (χ1n) is 8.66. The van der Waals surface area contributed by atoms with Crippen molar-refractivity contribution in [1.29, 1.82) is 0 Å². The Kier molecular flexibility index (Phi) is 8.01. The summed E-state index contributed by atoms with van der Waals surface area (Å²) < 4.78 is 5.88. The molecule has 1 heterocycles. The molecule has 1 aliphatic rings. The van der Waals surface area contributed by atoms with Gasteiger partial charge >= 0.3 is 5.97 Å². The summed E-state index contributed by atoms with van der Waals surface area (Å²) in [6.45, 7) is 3.97. The van der Waals surface area contributed by atoms with Gasteiger partial charge in [0, 0.05) is 30.1 Å². The van der Waals surface area contributed by atoms with E-state index in [9.17, 15) is 9.59 Å². The van der Waals surface area contributed by atoms with Gasteiger partial charge in [-0.15, -0.1) is 0 Å². The summed E-state index contributed by atoms with van der Waals surface area (Å²) in [6.07, 6.45) is 3.57. The monoisotopic (exact) mass is 368 g/mol. The molecule has 25 heavy (non-hydrogen) atoms. The van der Waals surface area contributed by atoms with Gasteiger partial charge in [-0.1, -0.05) is 18.0 Å². The van der Waals surface area contributed by atoms with Crippen molar-refractivity contribution < 1.29 is 19.4 Å². The first kappa shape index (κ1) is 19.5. The van der Waals surface area contributed by atoms with Gasteiger partial charge in [-0.2, -0.15) is 0 Å². The average Bonchev–Trinajstić information content (AvgIpc) is 2.60. The van der Waals surface area contributed by atoms with Crippen molar-refractivity contribution >= 4 is 23.5 Å². The molecule has 7 heteroatoms. The van der Waals surface area contributed by atoms with E-state index in [0.29, 0.717) is 17.4 Å². The number of piperidine rings is 1. The minimum atomic E-state index is -0.986. The zero-order valence-electron chi connectivity index (χ0n) is 14.3. The molecule has 2 N–H and O–H groups in total. The smallest absolute Gasteiger partial charge is 0.303 e. The van der Waals surface area contributed by atoms with Crippen LogP contribution in [0.5, 0.6) is 5.75 Å². The maximum atomic E-state index is 11.7. The number of halogens is 1. The van der Waals surface area contributed by atoms with Crippen molar-refractivity contribution in [3.63, 3.8) is 0 Å². The van der Waals surface area contributed by atoms with E-state index in [2.05, 4.69) is 10.2 Å². The Balaban J connectivity index is 1.83. The molecule has 6 nitrogen and oxygen atoms in total. The van der Waals surface area contributed by atoms with Crippen LogP contribution in [0.25, 0.3) is 0 Å². The molecule has 1 fully saturated rings. The highest BCUT2D eigenvalue weighted by Gasteiger charge is 2.12. The number of nitrogens with one attached hydrogen (secondary N) is 1. The second-order valence-electron chi connectivity index (χ2n) is 6.17. The third-order valence-electron chi connectivity index (χ3n) is 4.18. The van der Waals surface area contributed by atoms with Crippen LogP contribution in [0.1, 0.15) is 37.7 Å². The molecule has 0 bridgehead atoms.